The molecule has 1 unspecified atom stereocenters. The monoisotopic (exact) mass is 289 g/mol. The SMILES string of the molecule is CCc1nn(C)cc1CNC(C)c1c(C)nn(CC)c1C. The van der Waals surface area contributed by atoms with Crippen LogP contribution in [0.4, 0.5) is 0 Å². The molecule has 2 rings (SSSR count). The largest absolute Gasteiger partial charge is 0.306 e. The minimum absolute atomic E-state index is 0.287. The standard InChI is InChI=1S/C16H27N5/c1-7-15-14(10-20(6)19-15)9-17-11(3)16-12(4)18-21(8-2)13(16)5/h10-11,17H,7-9H2,1-6H3. The Morgan fingerprint density at radius 2 is 1.95 bits per heavy atom. The predicted octanol–water partition coefficient (Wildman–Crippen LogP) is 2.67. The van der Waals surface area contributed by atoms with E-state index in [1.54, 1.807) is 0 Å². The molecule has 5 heteroatoms. The fourth-order valence-corrected chi connectivity index (χ4v) is 3.04. The number of hydrogen-bond donors (Lipinski definition) is 1. The highest BCUT2D eigenvalue weighted by molar-refractivity contribution is 5.28. The molecule has 0 spiro atoms. The first kappa shape index (κ1) is 15.8. The molecular weight excluding hydrogens is 262 g/mol. The van der Waals surface area contributed by atoms with Crippen LogP contribution in [-0.4, -0.2) is 19.6 Å². The number of nitrogens with one attached hydrogen (secondary N) is 1. The number of aryl methyl sites for hydroxylation is 4. The van der Waals surface area contributed by atoms with E-state index in [0.717, 1.165) is 25.2 Å². The van der Waals surface area contributed by atoms with E-state index in [0.29, 0.717) is 0 Å². The van der Waals surface area contributed by atoms with Crippen molar-refractivity contribution in [2.24, 2.45) is 7.05 Å². The van der Waals surface area contributed by atoms with E-state index in [9.17, 15) is 0 Å². The molecule has 1 atom stereocenters. The van der Waals surface area contributed by atoms with Gasteiger partial charge in [-0.05, 0) is 34.1 Å². The van der Waals surface area contributed by atoms with Crippen molar-refractivity contribution >= 4 is 0 Å². The lowest BCUT2D eigenvalue weighted by Crippen LogP contribution is -2.19. The first-order valence-corrected chi connectivity index (χ1v) is 7.76. The lowest BCUT2D eigenvalue weighted by molar-refractivity contribution is 0.564. The van der Waals surface area contributed by atoms with Gasteiger partial charge in [0.25, 0.3) is 0 Å². The molecule has 0 fully saturated rings. The zero-order valence-electron chi connectivity index (χ0n) is 14.1. The van der Waals surface area contributed by atoms with Gasteiger partial charge in [0.1, 0.15) is 0 Å². The molecule has 2 aromatic rings. The van der Waals surface area contributed by atoms with Crippen molar-refractivity contribution < 1.29 is 0 Å². The van der Waals surface area contributed by atoms with Gasteiger partial charge in [-0.2, -0.15) is 10.2 Å². The Labute approximate surface area is 127 Å². The van der Waals surface area contributed by atoms with Gasteiger partial charge >= 0.3 is 0 Å². The van der Waals surface area contributed by atoms with Crippen LogP contribution in [0.15, 0.2) is 6.20 Å². The van der Waals surface area contributed by atoms with Gasteiger partial charge in [0.2, 0.25) is 0 Å². The zero-order chi connectivity index (χ0) is 15.6. The van der Waals surface area contributed by atoms with E-state index in [1.165, 1.54) is 22.5 Å². The van der Waals surface area contributed by atoms with Gasteiger partial charge < -0.3 is 5.32 Å². The second-order valence-electron chi connectivity index (χ2n) is 5.63. The third-order valence-electron chi connectivity index (χ3n) is 4.10. The van der Waals surface area contributed by atoms with Crippen molar-refractivity contribution in [3.05, 3.63) is 34.4 Å². The second-order valence-corrected chi connectivity index (χ2v) is 5.63. The quantitative estimate of drug-likeness (QED) is 0.889. The average Bonchev–Trinajstić information content (AvgIpc) is 2.95. The minimum atomic E-state index is 0.287. The highest BCUT2D eigenvalue weighted by atomic mass is 15.3. The molecule has 2 aromatic heterocycles. The maximum Gasteiger partial charge on any atom is 0.0666 e. The molecule has 21 heavy (non-hydrogen) atoms. The van der Waals surface area contributed by atoms with Crippen LogP contribution >= 0.6 is 0 Å². The molecule has 0 aliphatic heterocycles. The smallest absolute Gasteiger partial charge is 0.0666 e. The number of aromatic nitrogens is 4. The van der Waals surface area contributed by atoms with Gasteiger partial charge in [-0.3, -0.25) is 9.36 Å². The average molecular weight is 289 g/mol. The Balaban J connectivity index is 2.11. The van der Waals surface area contributed by atoms with E-state index in [4.69, 9.17) is 0 Å². The van der Waals surface area contributed by atoms with Crippen LogP contribution < -0.4 is 5.32 Å². The fraction of sp³-hybridized carbons (Fsp3) is 0.625. The molecule has 0 aliphatic rings. The third kappa shape index (κ3) is 3.18. The van der Waals surface area contributed by atoms with Crippen LogP contribution in [0.5, 0.6) is 0 Å². The molecule has 0 aliphatic carbocycles. The van der Waals surface area contributed by atoms with E-state index >= 15 is 0 Å². The van der Waals surface area contributed by atoms with E-state index in [-0.39, 0.29) is 6.04 Å². The lowest BCUT2D eigenvalue weighted by Gasteiger charge is -2.15. The summed E-state index contributed by atoms with van der Waals surface area (Å²) in [5.74, 6) is 0. The van der Waals surface area contributed by atoms with E-state index in [1.807, 2.05) is 11.7 Å². The molecule has 0 saturated heterocycles. The predicted molar refractivity (Wildman–Crippen MR) is 85.2 cm³/mol. The van der Waals surface area contributed by atoms with Crippen LogP contribution in [0.3, 0.4) is 0 Å². The number of nitrogens with zero attached hydrogens (tertiary/aromatic N) is 4. The van der Waals surface area contributed by atoms with E-state index in [2.05, 4.69) is 61.0 Å². The van der Waals surface area contributed by atoms with Crippen molar-refractivity contribution in [2.45, 2.75) is 60.2 Å². The minimum Gasteiger partial charge on any atom is -0.306 e. The van der Waals surface area contributed by atoms with Crippen molar-refractivity contribution in [3.63, 3.8) is 0 Å². The Morgan fingerprint density at radius 3 is 2.52 bits per heavy atom. The van der Waals surface area contributed by atoms with Crippen LogP contribution in [0.2, 0.25) is 0 Å². The summed E-state index contributed by atoms with van der Waals surface area (Å²) in [6, 6.07) is 0.287. The summed E-state index contributed by atoms with van der Waals surface area (Å²) in [6.45, 7) is 12.5. The van der Waals surface area contributed by atoms with Gasteiger partial charge in [-0.15, -0.1) is 0 Å². The maximum atomic E-state index is 4.60. The van der Waals surface area contributed by atoms with Gasteiger partial charge in [0.05, 0.1) is 11.4 Å². The van der Waals surface area contributed by atoms with Gasteiger partial charge in [0.15, 0.2) is 0 Å². The Morgan fingerprint density at radius 1 is 1.24 bits per heavy atom. The van der Waals surface area contributed by atoms with Crippen molar-refractivity contribution in [2.75, 3.05) is 0 Å². The topological polar surface area (TPSA) is 47.7 Å². The second kappa shape index (κ2) is 6.43. The summed E-state index contributed by atoms with van der Waals surface area (Å²) in [7, 11) is 1.98. The molecule has 1 N–H and O–H groups in total. The summed E-state index contributed by atoms with van der Waals surface area (Å²) in [6.07, 6.45) is 3.08. The molecule has 0 amide bonds. The summed E-state index contributed by atoms with van der Waals surface area (Å²) >= 11 is 0. The van der Waals surface area contributed by atoms with Crippen LogP contribution in [0, 0.1) is 13.8 Å². The lowest BCUT2D eigenvalue weighted by atomic mass is 10.1. The molecule has 5 nitrogen and oxygen atoms in total. The van der Waals surface area contributed by atoms with Crippen molar-refractivity contribution in [1.82, 2.24) is 24.9 Å². The maximum absolute atomic E-state index is 4.60. The molecule has 0 aromatic carbocycles. The highest BCUT2D eigenvalue weighted by Crippen LogP contribution is 2.22. The first-order chi connectivity index (χ1) is 9.97. The zero-order valence-corrected chi connectivity index (χ0v) is 14.1. The first-order valence-electron chi connectivity index (χ1n) is 7.76. The number of hydrogen-bond acceptors (Lipinski definition) is 3. The van der Waals surface area contributed by atoms with E-state index < -0.39 is 0 Å². The van der Waals surface area contributed by atoms with Gasteiger partial charge in [-0.25, -0.2) is 0 Å². The molecule has 0 bridgehead atoms. The Kier molecular flexibility index (Phi) is 4.83. The van der Waals surface area contributed by atoms with Crippen molar-refractivity contribution in [1.29, 1.82) is 0 Å². The summed E-state index contributed by atoms with van der Waals surface area (Å²) in [5, 5.41) is 12.7. The van der Waals surface area contributed by atoms with Gasteiger partial charge in [0, 0.05) is 49.2 Å². The van der Waals surface area contributed by atoms with Crippen LogP contribution in [0.1, 0.15) is 55.0 Å². The molecule has 0 radical (unpaired) electrons. The fourth-order valence-electron chi connectivity index (χ4n) is 3.04. The Bertz CT molecular complexity index is 608. The summed E-state index contributed by atoms with van der Waals surface area (Å²) in [4.78, 5) is 0. The number of rotatable bonds is 6. The molecule has 116 valence electrons. The molecule has 2 heterocycles. The van der Waals surface area contributed by atoms with Crippen molar-refractivity contribution in [3.8, 4) is 0 Å². The third-order valence-corrected chi connectivity index (χ3v) is 4.10. The summed E-state index contributed by atoms with van der Waals surface area (Å²) in [5.41, 5.74) is 6.16. The van der Waals surface area contributed by atoms with Crippen LogP contribution in [0.25, 0.3) is 0 Å². The summed E-state index contributed by atoms with van der Waals surface area (Å²) < 4.78 is 3.97. The van der Waals surface area contributed by atoms with Crippen LogP contribution in [-0.2, 0) is 26.6 Å². The highest BCUT2D eigenvalue weighted by Gasteiger charge is 2.17. The molecular formula is C16H27N5. The Hall–Kier alpha value is -1.62. The van der Waals surface area contributed by atoms with Gasteiger partial charge in [-0.1, -0.05) is 6.92 Å². The molecule has 0 saturated carbocycles. The normalized spacial score (nSPS) is 12.9.